The van der Waals surface area contributed by atoms with Gasteiger partial charge in [-0.05, 0) is 20.8 Å². The van der Waals surface area contributed by atoms with E-state index in [-0.39, 0.29) is 27.4 Å². The molecule has 118 valence electrons. The molecule has 1 aromatic rings. The van der Waals surface area contributed by atoms with Crippen LogP contribution in [-0.2, 0) is 10.0 Å². The SMILES string of the molecule is Cc1[nH]c(C(=O)O)c(C)c1S(=O)(=O)N1CCSC(C)C1C. The summed E-state index contributed by atoms with van der Waals surface area (Å²) < 4.78 is 27.3. The van der Waals surface area contributed by atoms with Crippen LogP contribution in [0.5, 0.6) is 0 Å². The first-order valence-electron chi connectivity index (χ1n) is 6.73. The number of nitrogens with zero attached hydrogens (tertiary/aromatic N) is 1. The Balaban J connectivity index is 2.52. The Morgan fingerprint density at radius 3 is 2.52 bits per heavy atom. The molecule has 0 aliphatic carbocycles. The first-order valence-corrected chi connectivity index (χ1v) is 9.22. The first kappa shape index (κ1) is 16.4. The summed E-state index contributed by atoms with van der Waals surface area (Å²) >= 11 is 1.75. The second-order valence-corrected chi connectivity index (χ2v) is 8.63. The van der Waals surface area contributed by atoms with Gasteiger partial charge in [-0.25, -0.2) is 13.2 Å². The highest BCUT2D eigenvalue weighted by molar-refractivity contribution is 8.00. The number of rotatable bonds is 3. The average Bonchev–Trinajstić information content (AvgIpc) is 2.68. The predicted molar refractivity (Wildman–Crippen MR) is 82.5 cm³/mol. The van der Waals surface area contributed by atoms with Gasteiger partial charge in [0, 0.05) is 34.8 Å². The average molecular weight is 332 g/mol. The van der Waals surface area contributed by atoms with Gasteiger partial charge in [0.25, 0.3) is 0 Å². The summed E-state index contributed by atoms with van der Waals surface area (Å²) in [6.45, 7) is 7.48. The monoisotopic (exact) mass is 332 g/mol. The van der Waals surface area contributed by atoms with Crippen LogP contribution in [0.1, 0.15) is 35.6 Å². The minimum atomic E-state index is -3.69. The molecule has 1 aliphatic rings. The third kappa shape index (κ3) is 2.72. The Morgan fingerprint density at radius 1 is 1.38 bits per heavy atom. The summed E-state index contributed by atoms with van der Waals surface area (Å²) in [5.74, 6) is -0.397. The highest BCUT2D eigenvalue weighted by Gasteiger charge is 2.38. The van der Waals surface area contributed by atoms with Crippen molar-refractivity contribution in [2.24, 2.45) is 0 Å². The van der Waals surface area contributed by atoms with Gasteiger partial charge in [0.2, 0.25) is 10.0 Å². The van der Waals surface area contributed by atoms with Crippen LogP contribution >= 0.6 is 11.8 Å². The van der Waals surface area contributed by atoms with Crippen LogP contribution in [0.4, 0.5) is 0 Å². The number of aromatic nitrogens is 1. The maximum atomic E-state index is 12.9. The molecule has 2 atom stereocenters. The molecule has 1 aliphatic heterocycles. The topological polar surface area (TPSA) is 90.5 Å². The zero-order valence-corrected chi connectivity index (χ0v) is 14.1. The van der Waals surface area contributed by atoms with Crippen molar-refractivity contribution in [3.8, 4) is 0 Å². The molecule has 0 aromatic carbocycles. The van der Waals surface area contributed by atoms with E-state index in [4.69, 9.17) is 5.11 Å². The van der Waals surface area contributed by atoms with E-state index >= 15 is 0 Å². The first-order chi connectivity index (χ1) is 9.67. The lowest BCUT2D eigenvalue weighted by Gasteiger charge is -2.36. The van der Waals surface area contributed by atoms with E-state index in [0.717, 1.165) is 5.75 Å². The summed E-state index contributed by atoms with van der Waals surface area (Å²) in [5, 5.41) is 9.35. The van der Waals surface area contributed by atoms with E-state index < -0.39 is 16.0 Å². The summed E-state index contributed by atoms with van der Waals surface area (Å²) in [6, 6.07) is -0.115. The minimum absolute atomic E-state index is 0.0573. The largest absolute Gasteiger partial charge is 0.477 e. The number of carboxylic acids is 1. The third-order valence-corrected chi connectivity index (χ3v) is 7.57. The fourth-order valence-corrected chi connectivity index (χ4v) is 6.10. The van der Waals surface area contributed by atoms with E-state index in [1.807, 2.05) is 13.8 Å². The number of hydrogen-bond donors (Lipinski definition) is 2. The molecule has 6 nitrogen and oxygen atoms in total. The Kier molecular flexibility index (Phi) is 4.41. The zero-order chi connectivity index (χ0) is 15.9. The van der Waals surface area contributed by atoms with Crippen molar-refractivity contribution in [2.75, 3.05) is 12.3 Å². The number of aryl methyl sites for hydroxylation is 1. The fourth-order valence-electron chi connectivity index (χ4n) is 2.70. The molecule has 1 fully saturated rings. The Hall–Kier alpha value is -0.990. The van der Waals surface area contributed by atoms with E-state index in [1.54, 1.807) is 18.7 Å². The van der Waals surface area contributed by atoms with Crippen molar-refractivity contribution in [3.63, 3.8) is 0 Å². The van der Waals surface area contributed by atoms with Gasteiger partial charge in [-0.1, -0.05) is 6.92 Å². The number of carboxylic acid groups (broad SMARTS) is 1. The van der Waals surface area contributed by atoms with Crippen LogP contribution in [0.3, 0.4) is 0 Å². The molecular weight excluding hydrogens is 312 g/mol. The number of aromatic carboxylic acids is 1. The molecular formula is C13H20N2O4S2. The van der Waals surface area contributed by atoms with Crippen molar-refractivity contribution in [2.45, 2.75) is 43.9 Å². The van der Waals surface area contributed by atoms with Crippen LogP contribution in [0.2, 0.25) is 0 Å². The Labute approximate surface area is 129 Å². The van der Waals surface area contributed by atoms with Crippen LogP contribution in [-0.4, -0.2) is 52.4 Å². The normalized spacial score (nSPS) is 24.2. The van der Waals surface area contributed by atoms with Gasteiger partial charge in [-0.2, -0.15) is 16.1 Å². The number of sulfonamides is 1. The molecule has 0 amide bonds. The van der Waals surface area contributed by atoms with Crippen molar-refractivity contribution in [3.05, 3.63) is 17.0 Å². The maximum absolute atomic E-state index is 12.9. The lowest BCUT2D eigenvalue weighted by atomic mass is 10.2. The number of nitrogens with one attached hydrogen (secondary N) is 1. The summed E-state index contributed by atoms with van der Waals surface area (Å²) in [5.41, 5.74) is 0.597. The van der Waals surface area contributed by atoms with Crippen LogP contribution in [0, 0.1) is 13.8 Å². The molecule has 2 N–H and O–H groups in total. The fraction of sp³-hybridized carbons (Fsp3) is 0.615. The Morgan fingerprint density at radius 2 is 2.00 bits per heavy atom. The quantitative estimate of drug-likeness (QED) is 0.881. The van der Waals surface area contributed by atoms with E-state index in [2.05, 4.69) is 4.98 Å². The lowest BCUT2D eigenvalue weighted by Crippen LogP contribution is -2.48. The van der Waals surface area contributed by atoms with Crippen molar-refractivity contribution in [1.29, 1.82) is 0 Å². The van der Waals surface area contributed by atoms with Gasteiger partial charge >= 0.3 is 5.97 Å². The summed E-state index contributed by atoms with van der Waals surface area (Å²) in [4.78, 5) is 13.9. The molecule has 2 rings (SSSR count). The van der Waals surface area contributed by atoms with Gasteiger partial charge in [0.15, 0.2) is 0 Å². The van der Waals surface area contributed by atoms with E-state index in [9.17, 15) is 13.2 Å². The number of hydrogen-bond acceptors (Lipinski definition) is 4. The smallest absolute Gasteiger partial charge is 0.352 e. The number of H-pyrrole nitrogens is 1. The summed E-state index contributed by atoms with van der Waals surface area (Å²) in [6.07, 6.45) is 0. The third-order valence-electron chi connectivity index (χ3n) is 3.98. The van der Waals surface area contributed by atoms with Gasteiger partial charge in [-0.3, -0.25) is 0 Å². The molecule has 21 heavy (non-hydrogen) atoms. The van der Waals surface area contributed by atoms with E-state index in [0.29, 0.717) is 12.2 Å². The number of carbonyl (C=O) groups is 1. The van der Waals surface area contributed by atoms with Gasteiger partial charge in [0.1, 0.15) is 10.6 Å². The van der Waals surface area contributed by atoms with Crippen molar-refractivity contribution in [1.82, 2.24) is 9.29 Å². The molecule has 0 radical (unpaired) electrons. The van der Waals surface area contributed by atoms with Gasteiger partial charge < -0.3 is 10.1 Å². The zero-order valence-electron chi connectivity index (χ0n) is 12.5. The predicted octanol–water partition coefficient (Wildman–Crippen LogP) is 1.84. The standard InChI is InChI=1S/C13H20N2O4S2/c1-7-11(13(16)17)14-8(2)12(7)21(18,19)15-5-6-20-10(4)9(15)3/h9-10,14H,5-6H2,1-4H3,(H,16,17). The van der Waals surface area contributed by atoms with Crippen molar-refractivity contribution >= 4 is 27.8 Å². The molecule has 0 spiro atoms. The van der Waals surface area contributed by atoms with Crippen LogP contribution < -0.4 is 0 Å². The molecule has 1 saturated heterocycles. The lowest BCUT2D eigenvalue weighted by molar-refractivity contribution is 0.0690. The number of aromatic amines is 1. The molecule has 8 heteroatoms. The summed E-state index contributed by atoms with van der Waals surface area (Å²) in [7, 11) is -3.69. The van der Waals surface area contributed by atoms with Crippen LogP contribution in [0.15, 0.2) is 4.90 Å². The van der Waals surface area contributed by atoms with Crippen LogP contribution in [0.25, 0.3) is 0 Å². The molecule has 2 heterocycles. The molecule has 2 unspecified atom stereocenters. The van der Waals surface area contributed by atoms with Gasteiger partial charge in [-0.15, -0.1) is 0 Å². The van der Waals surface area contributed by atoms with Gasteiger partial charge in [0.05, 0.1) is 0 Å². The molecule has 1 aromatic heterocycles. The maximum Gasteiger partial charge on any atom is 0.352 e. The Bertz CT molecular complexity index is 666. The molecule has 0 saturated carbocycles. The molecule has 0 bridgehead atoms. The minimum Gasteiger partial charge on any atom is -0.477 e. The highest BCUT2D eigenvalue weighted by Crippen LogP contribution is 2.32. The second kappa shape index (κ2) is 5.66. The number of thioether (sulfide) groups is 1. The highest BCUT2D eigenvalue weighted by atomic mass is 32.2. The van der Waals surface area contributed by atoms with Crippen molar-refractivity contribution < 1.29 is 18.3 Å². The van der Waals surface area contributed by atoms with E-state index in [1.165, 1.54) is 11.2 Å². The second-order valence-electron chi connectivity index (χ2n) is 5.32.